The first kappa shape index (κ1) is 14.8. The first-order valence-electron chi connectivity index (χ1n) is 6.36. The van der Waals surface area contributed by atoms with Crippen LogP contribution in [-0.4, -0.2) is 38.0 Å². The van der Waals surface area contributed by atoms with Crippen molar-refractivity contribution in [3.05, 3.63) is 23.8 Å². The summed E-state index contributed by atoms with van der Waals surface area (Å²) in [5, 5.41) is 0. The van der Waals surface area contributed by atoms with Crippen molar-refractivity contribution in [2.24, 2.45) is 0 Å². The SMILES string of the molecule is CCOCCOCCCCC1=CC(=O)C=CC1=O. The normalized spacial score (nSPS) is 15.1. The Hall–Kier alpha value is -1.26. The van der Waals surface area contributed by atoms with Crippen molar-refractivity contribution in [2.45, 2.75) is 26.2 Å². The van der Waals surface area contributed by atoms with E-state index < -0.39 is 0 Å². The van der Waals surface area contributed by atoms with E-state index in [2.05, 4.69) is 0 Å². The molecule has 0 aliphatic heterocycles. The van der Waals surface area contributed by atoms with E-state index in [1.54, 1.807) is 0 Å². The van der Waals surface area contributed by atoms with Gasteiger partial charge in [-0.25, -0.2) is 0 Å². The standard InChI is InChI=1S/C14H20O4/c1-2-17-9-10-18-8-4-3-5-12-11-13(15)6-7-14(12)16/h6-7,11H,2-5,8-10H2,1H3. The van der Waals surface area contributed by atoms with E-state index in [0.29, 0.717) is 38.4 Å². The summed E-state index contributed by atoms with van der Waals surface area (Å²) in [7, 11) is 0. The highest BCUT2D eigenvalue weighted by atomic mass is 16.5. The number of hydrogen-bond acceptors (Lipinski definition) is 4. The first-order chi connectivity index (χ1) is 8.74. The lowest BCUT2D eigenvalue weighted by molar-refractivity contribution is -0.114. The highest BCUT2D eigenvalue weighted by Gasteiger charge is 2.12. The molecule has 0 amide bonds. The van der Waals surface area contributed by atoms with Crippen LogP contribution in [0.5, 0.6) is 0 Å². The van der Waals surface area contributed by atoms with Gasteiger partial charge >= 0.3 is 0 Å². The topological polar surface area (TPSA) is 52.6 Å². The van der Waals surface area contributed by atoms with Crippen LogP contribution in [0, 0.1) is 0 Å². The van der Waals surface area contributed by atoms with Gasteiger partial charge in [0.25, 0.3) is 0 Å². The fourth-order valence-corrected chi connectivity index (χ4v) is 1.64. The van der Waals surface area contributed by atoms with Crippen molar-refractivity contribution < 1.29 is 19.1 Å². The summed E-state index contributed by atoms with van der Waals surface area (Å²) in [6, 6.07) is 0. The molecule has 0 aromatic carbocycles. The molecule has 0 spiro atoms. The maximum Gasteiger partial charge on any atom is 0.182 e. The van der Waals surface area contributed by atoms with Gasteiger partial charge in [0, 0.05) is 18.8 Å². The van der Waals surface area contributed by atoms with E-state index in [1.807, 2.05) is 6.92 Å². The quantitative estimate of drug-likeness (QED) is 0.464. The van der Waals surface area contributed by atoms with Crippen molar-refractivity contribution in [3.8, 4) is 0 Å². The molecule has 0 aromatic rings. The third-order valence-electron chi connectivity index (χ3n) is 2.59. The third-order valence-corrected chi connectivity index (χ3v) is 2.59. The molecule has 4 nitrogen and oxygen atoms in total. The van der Waals surface area contributed by atoms with Crippen LogP contribution in [0.4, 0.5) is 0 Å². The zero-order valence-corrected chi connectivity index (χ0v) is 10.8. The maximum atomic E-state index is 11.4. The molecule has 0 atom stereocenters. The lowest BCUT2D eigenvalue weighted by Crippen LogP contribution is -2.08. The number of ketones is 2. The second-order valence-corrected chi connectivity index (χ2v) is 4.04. The van der Waals surface area contributed by atoms with Crippen LogP contribution in [0.25, 0.3) is 0 Å². The summed E-state index contributed by atoms with van der Waals surface area (Å²) in [4.78, 5) is 22.5. The summed E-state index contributed by atoms with van der Waals surface area (Å²) >= 11 is 0. The summed E-state index contributed by atoms with van der Waals surface area (Å²) in [6.07, 6.45) is 6.46. The Morgan fingerprint density at radius 3 is 2.56 bits per heavy atom. The number of carbonyl (C=O) groups excluding carboxylic acids is 2. The molecule has 4 heteroatoms. The van der Waals surface area contributed by atoms with Crippen molar-refractivity contribution in [1.29, 1.82) is 0 Å². The van der Waals surface area contributed by atoms with E-state index in [9.17, 15) is 9.59 Å². The molecular formula is C14H20O4. The molecule has 0 fully saturated rings. The van der Waals surface area contributed by atoms with Crippen LogP contribution in [0.3, 0.4) is 0 Å². The fraction of sp³-hybridized carbons (Fsp3) is 0.571. The zero-order chi connectivity index (χ0) is 13.2. The molecule has 0 aromatic heterocycles. The van der Waals surface area contributed by atoms with Gasteiger partial charge in [-0.3, -0.25) is 9.59 Å². The van der Waals surface area contributed by atoms with Gasteiger partial charge in [0.15, 0.2) is 11.6 Å². The molecule has 0 saturated heterocycles. The van der Waals surface area contributed by atoms with Gasteiger partial charge in [-0.15, -0.1) is 0 Å². The van der Waals surface area contributed by atoms with Crippen LogP contribution in [0.2, 0.25) is 0 Å². The minimum absolute atomic E-state index is 0.0492. The summed E-state index contributed by atoms with van der Waals surface area (Å²) in [6.45, 7) is 4.56. The van der Waals surface area contributed by atoms with Gasteiger partial charge in [0.1, 0.15) is 0 Å². The minimum Gasteiger partial charge on any atom is -0.379 e. The Balaban J connectivity index is 2.04. The lowest BCUT2D eigenvalue weighted by Gasteiger charge is -2.07. The van der Waals surface area contributed by atoms with E-state index in [1.165, 1.54) is 18.2 Å². The predicted octanol–water partition coefficient (Wildman–Crippen LogP) is 1.84. The number of rotatable bonds is 9. The van der Waals surface area contributed by atoms with Gasteiger partial charge in [-0.1, -0.05) is 0 Å². The van der Waals surface area contributed by atoms with Gasteiger partial charge in [-0.2, -0.15) is 0 Å². The molecule has 18 heavy (non-hydrogen) atoms. The Labute approximate surface area is 108 Å². The van der Waals surface area contributed by atoms with E-state index in [0.717, 1.165) is 12.8 Å². The predicted molar refractivity (Wildman–Crippen MR) is 68.4 cm³/mol. The molecular weight excluding hydrogens is 232 g/mol. The van der Waals surface area contributed by atoms with Crippen molar-refractivity contribution in [2.75, 3.05) is 26.4 Å². The molecule has 0 radical (unpaired) electrons. The number of unbranched alkanes of at least 4 members (excludes halogenated alkanes) is 1. The largest absolute Gasteiger partial charge is 0.379 e. The molecule has 0 saturated carbocycles. The number of ether oxygens (including phenoxy) is 2. The van der Waals surface area contributed by atoms with E-state index in [-0.39, 0.29) is 11.6 Å². The van der Waals surface area contributed by atoms with Crippen LogP contribution in [0.1, 0.15) is 26.2 Å². The molecule has 0 unspecified atom stereocenters. The molecule has 1 aliphatic carbocycles. The summed E-state index contributed by atoms with van der Waals surface area (Å²) in [5.74, 6) is -0.149. The monoisotopic (exact) mass is 252 g/mol. The first-order valence-corrected chi connectivity index (χ1v) is 6.36. The Bertz CT molecular complexity index is 342. The van der Waals surface area contributed by atoms with Crippen molar-refractivity contribution in [1.82, 2.24) is 0 Å². The average molecular weight is 252 g/mol. The molecule has 0 bridgehead atoms. The van der Waals surface area contributed by atoms with Crippen molar-refractivity contribution >= 4 is 11.6 Å². The smallest absolute Gasteiger partial charge is 0.182 e. The molecule has 0 heterocycles. The van der Waals surface area contributed by atoms with Gasteiger partial charge in [0.05, 0.1) is 13.2 Å². The van der Waals surface area contributed by atoms with Crippen molar-refractivity contribution in [3.63, 3.8) is 0 Å². The fourth-order valence-electron chi connectivity index (χ4n) is 1.64. The second-order valence-electron chi connectivity index (χ2n) is 4.04. The summed E-state index contributed by atoms with van der Waals surface area (Å²) < 4.78 is 10.5. The Morgan fingerprint density at radius 1 is 1.00 bits per heavy atom. The van der Waals surface area contributed by atoms with Gasteiger partial charge < -0.3 is 9.47 Å². The zero-order valence-electron chi connectivity index (χ0n) is 10.8. The number of hydrogen-bond donors (Lipinski definition) is 0. The van der Waals surface area contributed by atoms with Crippen LogP contribution in [-0.2, 0) is 19.1 Å². The number of carbonyl (C=O) groups is 2. The average Bonchev–Trinajstić information content (AvgIpc) is 2.36. The highest BCUT2D eigenvalue weighted by molar-refractivity contribution is 6.17. The number of allylic oxidation sites excluding steroid dienone is 4. The lowest BCUT2D eigenvalue weighted by atomic mass is 9.99. The van der Waals surface area contributed by atoms with Crippen LogP contribution < -0.4 is 0 Å². The molecule has 1 rings (SSSR count). The van der Waals surface area contributed by atoms with Crippen LogP contribution in [0.15, 0.2) is 23.8 Å². The molecule has 100 valence electrons. The molecule has 1 aliphatic rings. The summed E-state index contributed by atoms with van der Waals surface area (Å²) in [5.41, 5.74) is 0.608. The highest BCUT2D eigenvalue weighted by Crippen LogP contribution is 2.13. The van der Waals surface area contributed by atoms with E-state index >= 15 is 0 Å². The Kier molecular flexibility index (Phi) is 7.22. The van der Waals surface area contributed by atoms with Gasteiger partial charge in [-0.05, 0) is 44.4 Å². The van der Waals surface area contributed by atoms with E-state index in [4.69, 9.17) is 9.47 Å². The molecule has 0 N–H and O–H groups in total. The minimum atomic E-state index is -0.0995. The Morgan fingerprint density at radius 2 is 1.78 bits per heavy atom. The van der Waals surface area contributed by atoms with Crippen LogP contribution >= 0.6 is 0 Å². The van der Waals surface area contributed by atoms with Gasteiger partial charge in [0.2, 0.25) is 0 Å². The third kappa shape index (κ3) is 5.89. The maximum absolute atomic E-state index is 11.4. The second kappa shape index (κ2) is 8.78.